The van der Waals surface area contributed by atoms with Crippen molar-refractivity contribution in [3.05, 3.63) is 64.2 Å². The zero-order valence-corrected chi connectivity index (χ0v) is 19.8. The second-order valence-corrected chi connectivity index (χ2v) is 8.76. The maximum absolute atomic E-state index is 13.2. The third-order valence-electron chi connectivity index (χ3n) is 4.89. The molecule has 2 amide bonds. The Morgan fingerprint density at radius 2 is 1.68 bits per heavy atom. The number of ether oxygens (including phenoxy) is 1. The quantitative estimate of drug-likeness (QED) is 0.566. The minimum atomic E-state index is -0.579. The summed E-state index contributed by atoms with van der Waals surface area (Å²) in [5.74, 6) is 0.593. The Bertz CT molecular complexity index is 861. The van der Waals surface area contributed by atoms with Gasteiger partial charge in [0.05, 0.1) is 0 Å². The standard InChI is InChI=1S/C25H33ClN2O3/c1-6-23(25(30)27-14-17(2)3)28(15-20-7-9-21(26)10-8-20)24(29)16-31-22-12-18(4)11-19(5)13-22/h7-13,17,23H,6,14-16H2,1-5H3,(H,27,30). The van der Waals surface area contributed by atoms with Crippen LogP contribution < -0.4 is 10.1 Å². The molecule has 0 bridgehead atoms. The maximum Gasteiger partial charge on any atom is 0.261 e. The lowest BCUT2D eigenvalue weighted by molar-refractivity contribution is -0.143. The topological polar surface area (TPSA) is 58.6 Å². The minimum absolute atomic E-state index is 0.134. The molecule has 1 unspecified atom stereocenters. The molecule has 0 saturated heterocycles. The van der Waals surface area contributed by atoms with Gasteiger partial charge in [0.15, 0.2) is 6.61 Å². The van der Waals surface area contributed by atoms with Gasteiger partial charge in [0.2, 0.25) is 5.91 Å². The third-order valence-corrected chi connectivity index (χ3v) is 5.15. The van der Waals surface area contributed by atoms with Crippen molar-refractivity contribution < 1.29 is 14.3 Å². The van der Waals surface area contributed by atoms with E-state index in [2.05, 4.69) is 5.32 Å². The molecule has 0 spiro atoms. The van der Waals surface area contributed by atoms with Gasteiger partial charge in [-0.05, 0) is 67.1 Å². The molecule has 168 valence electrons. The molecule has 2 aromatic rings. The van der Waals surface area contributed by atoms with E-state index >= 15 is 0 Å². The number of benzene rings is 2. The lowest BCUT2D eigenvalue weighted by Gasteiger charge is -2.31. The molecule has 1 N–H and O–H groups in total. The number of aryl methyl sites for hydroxylation is 2. The first-order chi connectivity index (χ1) is 14.7. The number of hydrogen-bond donors (Lipinski definition) is 1. The van der Waals surface area contributed by atoms with Crippen LogP contribution in [0.15, 0.2) is 42.5 Å². The summed E-state index contributed by atoms with van der Waals surface area (Å²) in [6.07, 6.45) is 0.507. The Labute approximate surface area is 190 Å². The van der Waals surface area contributed by atoms with Crippen LogP contribution in [0, 0.1) is 19.8 Å². The zero-order chi connectivity index (χ0) is 23.0. The van der Waals surface area contributed by atoms with Crippen LogP contribution in [0.3, 0.4) is 0 Å². The predicted octanol–water partition coefficient (Wildman–Crippen LogP) is 4.92. The first-order valence-corrected chi connectivity index (χ1v) is 11.1. The fourth-order valence-corrected chi connectivity index (χ4v) is 3.50. The summed E-state index contributed by atoms with van der Waals surface area (Å²) in [6.45, 7) is 10.7. The van der Waals surface area contributed by atoms with E-state index in [1.165, 1.54) is 0 Å². The number of nitrogens with zero attached hydrogens (tertiary/aromatic N) is 1. The Balaban J connectivity index is 2.20. The van der Waals surface area contributed by atoms with Gasteiger partial charge in [0.1, 0.15) is 11.8 Å². The van der Waals surface area contributed by atoms with Gasteiger partial charge in [0, 0.05) is 18.1 Å². The Morgan fingerprint density at radius 1 is 1.06 bits per heavy atom. The fraction of sp³-hybridized carbons (Fsp3) is 0.440. The van der Waals surface area contributed by atoms with Crippen molar-refractivity contribution in [2.45, 2.75) is 53.6 Å². The first kappa shape index (κ1) is 24.7. The van der Waals surface area contributed by atoms with Crippen LogP contribution in [0.4, 0.5) is 0 Å². The Hall–Kier alpha value is -2.53. The Morgan fingerprint density at radius 3 is 2.23 bits per heavy atom. The predicted molar refractivity (Wildman–Crippen MR) is 125 cm³/mol. The van der Waals surface area contributed by atoms with Crippen molar-refractivity contribution in [3.8, 4) is 5.75 Å². The van der Waals surface area contributed by atoms with Gasteiger partial charge in [-0.25, -0.2) is 0 Å². The van der Waals surface area contributed by atoms with Crippen molar-refractivity contribution in [1.82, 2.24) is 10.2 Å². The summed E-state index contributed by atoms with van der Waals surface area (Å²) < 4.78 is 5.80. The summed E-state index contributed by atoms with van der Waals surface area (Å²) in [4.78, 5) is 27.7. The smallest absolute Gasteiger partial charge is 0.261 e. The highest BCUT2D eigenvalue weighted by atomic mass is 35.5. The first-order valence-electron chi connectivity index (χ1n) is 10.7. The summed E-state index contributed by atoms with van der Waals surface area (Å²) >= 11 is 6.00. The molecule has 1 atom stereocenters. The van der Waals surface area contributed by atoms with Gasteiger partial charge < -0.3 is 15.0 Å². The molecule has 0 aliphatic carbocycles. The molecule has 0 aliphatic heterocycles. The monoisotopic (exact) mass is 444 g/mol. The van der Waals surface area contributed by atoms with E-state index in [0.717, 1.165) is 16.7 Å². The molecule has 6 heteroatoms. The minimum Gasteiger partial charge on any atom is -0.484 e. The summed E-state index contributed by atoms with van der Waals surface area (Å²) in [5.41, 5.74) is 3.04. The van der Waals surface area contributed by atoms with Crippen molar-refractivity contribution >= 4 is 23.4 Å². The number of halogens is 1. The van der Waals surface area contributed by atoms with E-state index in [9.17, 15) is 9.59 Å². The van der Waals surface area contributed by atoms with Crippen LogP contribution in [-0.4, -0.2) is 35.9 Å². The van der Waals surface area contributed by atoms with E-state index in [4.69, 9.17) is 16.3 Å². The average molecular weight is 445 g/mol. The second-order valence-electron chi connectivity index (χ2n) is 8.32. The van der Waals surface area contributed by atoms with E-state index in [-0.39, 0.29) is 18.4 Å². The normalized spacial score (nSPS) is 11.8. The average Bonchev–Trinajstić information content (AvgIpc) is 2.71. The van der Waals surface area contributed by atoms with E-state index in [1.807, 2.05) is 65.0 Å². The number of nitrogens with one attached hydrogen (secondary N) is 1. The molecule has 0 fully saturated rings. The molecule has 31 heavy (non-hydrogen) atoms. The van der Waals surface area contributed by atoms with Crippen LogP contribution >= 0.6 is 11.6 Å². The van der Waals surface area contributed by atoms with Gasteiger partial charge in [-0.1, -0.05) is 50.6 Å². The highest BCUT2D eigenvalue weighted by Gasteiger charge is 2.29. The molecule has 5 nitrogen and oxygen atoms in total. The number of hydrogen-bond acceptors (Lipinski definition) is 3. The molecule has 0 heterocycles. The summed E-state index contributed by atoms with van der Waals surface area (Å²) in [6, 6.07) is 12.6. The second kappa shape index (κ2) is 11.8. The zero-order valence-electron chi connectivity index (χ0n) is 19.1. The molecule has 2 rings (SSSR count). The van der Waals surface area contributed by atoms with E-state index < -0.39 is 6.04 Å². The van der Waals surface area contributed by atoms with Crippen molar-refractivity contribution in [2.75, 3.05) is 13.2 Å². The van der Waals surface area contributed by atoms with Crippen molar-refractivity contribution in [3.63, 3.8) is 0 Å². The molecule has 0 aromatic heterocycles. The molecular formula is C25H33ClN2O3. The van der Waals surface area contributed by atoms with Crippen molar-refractivity contribution in [1.29, 1.82) is 0 Å². The number of carbonyl (C=O) groups is 2. The SMILES string of the molecule is CCC(C(=O)NCC(C)C)N(Cc1ccc(Cl)cc1)C(=O)COc1cc(C)cc(C)c1. The van der Waals surface area contributed by atoms with Gasteiger partial charge in [-0.3, -0.25) is 9.59 Å². The molecule has 0 aliphatic rings. The van der Waals surface area contributed by atoms with Crippen LogP contribution in [0.5, 0.6) is 5.75 Å². The Kier molecular flexibility index (Phi) is 9.38. The van der Waals surface area contributed by atoms with E-state index in [0.29, 0.717) is 36.2 Å². The van der Waals surface area contributed by atoms with Gasteiger partial charge in [-0.15, -0.1) is 0 Å². The number of amides is 2. The van der Waals surface area contributed by atoms with Crippen LogP contribution in [-0.2, 0) is 16.1 Å². The molecule has 0 radical (unpaired) electrons. The lowest BCUT2D eigenvalue weighted by Crippen LogP contribution is -2.50. The molecule has 0 saturated carbocycles. The highest BCUT2D eigenvalue weighted by Crippen LogP contribution is 2.18. The van der Waals surface area contributed by atoms with Crippen molar-refractivity contribution in [2.24, 2.45) is 5.92 Å². The number of carbonyl (C=O) groups excluding carboxylic acids is 2. The third kappa shape index (κ3) is 7.91. The summed E-state index contributed by atoms with van der Waals surface area (Å²) in [7, 11) is 0. The van der Waals surface area contributed by atoms with E-state index in [1.54, 1.807) is 17.0 Å². The molecule has 2 aromatic carbocycles. The summed E-state index contributed by atoms with van der Waals surface area (Å²) in [5, 5.41) is 3.58. The van der Waals surface area contributed by atoms with Crippen LogP contribution in [0.25, 0.3) is 0 Å². The van der Waals surface area contributed by atoms with Gasteiger partial charge >= 0.3 is 0 Å². The highest BCUT2D eigenvalue weighted by molar-refractivity contribution is 6.30. The lowest BCUT2D eigenvalue weighted by atomic mass is 10.1. The fourth-order valence-electron chi connectivity index (χ4n) is 3.37. The van der Waals surface area contributed by atoms with Crippen LogP contribution in [0.2, 0.25) is 5.02 Å². The number of rotatable bonds is 10. The largest absolute Gasteiger partial charge is 0.484 e. The van der Waals surface area contributed by atoms with Crippen LogP contribution in [0.1, 0.15) is 43.9 Å². The van der Waals surface area contributed by atoms with Gasteiger partial charge in [-0.2, -0.15) is 0 Å². The van der Waals surface area contributed by atoms with Gasteiger partial charge in [0.25, 0.3) is 5.91 Å². The molecular weight excluding hydrogens is 412 g/mol. The maximum atomic E-state index is 13.2.